The monoisotopic (exact) mass is 368 g/mol. The molecule has 2 rings (SSSR count). The molecule has 1 aliphatic heterocycles. The fraction of sp³-hybridized carbons (Fsp3) is 0.632. The lowest BCUT2D eigenvalue weighted by Crippen LogP contribution is -2.30. The minimum atomic E-state index is -0.00691. The molecule has 1 heterocycles. The summed E-state index contributed by atoms with van der Waals surface area (Å²) >= 11 is 6.37. The molecule has 1 atom stereocenters. The predicted molar refractivity (Wildman–Crippen MR) is 101 cm³/mol. The summed E-state index contributed by atoms with van der Waals surface area (Å²) in [5, 5.41) is 3.59. The Hall–Kier alpha value is -1.46. The van der Waals surface area contributed by atoms with Gasteiger partial charge in [0, 0.05) is 18.7 Å². The number of nitrogens with one attached hydrogen (secondary N) is 1. The number of methoxy groups -OCH3 is 1. The zero-order valence-electron chi connectivity index (χ0n) is 15.6. The molecule has 1 saturated heterocycles. The van der Waals surface area contributed by atoms with Crippen LogP contribution in [0.4, 0.5) is 0 Å². The summed E-state index contributed by atoms with van der Waals surface area (Å²) in [6.45, 7) is 7.32. The number of rotatable bonds is 8. The van der Waals surface area contributed by atoms with Crippen LogP contribution in [-0.4, -0.2) is 51.2 Å². The van der Waals surface area contributed by atoms with Crippen LogP contribution < -0.4 is 14.8 Å². The lowest BCUT2D eigenvalue weighted by atomic mass is 10.1. The Morgan fingerprint density at radius 1 is 1.44 bits per heavy atom. The predicted octanol–water partition coefficient (Wildman–Crippen LogP) is 3.46. The highest BCUT2D eigenvalue weighted by Gasteiger charge is 2.27. The van der Waals surface area contributed by atoms with E-state index in [0.717, 1.165) is 32.5 Å². The van der Waals surface area contributed by atoms with E-state index in [9.17, 15) is 4.79 Å². The third-order valence-corrected chi connectivity index (χ3v) is 4.76. The van der Waals surface area contributed by atoms with E-state index < -0.39 is 0 Å². The van der Waals surface area contributed by atoms with E-state index in [1.807, 2.05) is 11.9 Å². The molecule has 0 spiro atoms. The van der Waals surface area contributed by atoms with E-state index in [2.05, 4.69) is 19.2 Å². The van der Waals surface area contributed by atoms with Gasteiger partial charge in [0.2, 0.25) is 0 Å². The molecule has 140 valence electrons. The van der Waals surface area contributed by atoms with Crippen molar-refractivity contribution in [3.63, 3.8) is 0 Å². The van der Waals surface area contributed by atoms with E-state index in [4.69, 9.17) is 21.1 Å². The molecule has 25 heavy (non-hydrogen) atoms. The number of nitrogens with zero attached hydrogens (tertiary/aromatic N) is 1. The second-order valence-corrected chi connectivity index (χ2v) is 7.39. The topological polar surface area (TPSA) is 50.8 Å². The fourth-order valence-corrected chi connectivity index (χ4v) is 3.30. The van der Waals surface area contributed by atoms with E-state index in [0.29, 0.717) is 40.5 Å². The van der Waals surface area contributed by atoms with Crippen LogP contribution in [0.3, 0.4) is 0 Å². The minimum absolute atomic E-state index is 0.00691. The van der Waals surface area contributed by atoms with Crippen molar-refractivity contribution in [3.8, 4) is 11.5 Å². The molecular weight excluding hydrogens is 340 g/mol. The van der Waals surface area contributed by atoms with Crippen LogP contribution in [0.2, 0.25) is 5.02 Å². The standard InChI is InChI=1S/C19H29ClN2O3/c1-13(2)6-8-25-18-16(20)9-15(10-17(18)24-4)19(23)22-7-5-14(12-22)11-21-3/h9-10,13-14,21H,5-8,11-12H2,1-4H3. The summed E-state index contributed by atoms with van der Waals surface area (Å²) in [6, 6.07) is 3.41. The molecule has 0 aliphatic carbocycles. The van der Waals surface area contributed by atoms with Gasteiger partial charge in [-0.1, -0.05) is 25.4 Å². The van der Waals surface area contributed by atoms with Crippen LogP contribution in [0.15, 0.2) is 12.1 Å². The summed E-state index contributed by atoms with van der Waals surface area (Å²) < 4.78 is 11.2. The Balaban J connectivity index is 2.11. The van der Waals surface area contributed by atoms with Gasteiger partial charge in [0.15, 0.2) is 11.5 Å². The number of halogens is 1. The average molecular weight is 369 g/mol. The van der Waals surface area contributed by atoms with Crippen molar-refractivity contribution in [2.24, 2.45) is 11.8 Å². The number of carbonyl (C=O) groups is 1. The van der Waals surface area contributed by atoms with Crippen LogP contribution in [0.1, 0.15) is 37.0 Å². The summed E-state index contributed by atoms with van der Waals surface area (Å²) in [6.07, 6.45) is 1.95. The van der Waals surface area contributed by atoms with Crippen molar-refractivity contribution >= 4 is 17.5 Å². The molecule has 0 saturated carbocycles. The molecule has 0 bridgehead atoms. The number of amides is 1. The average Bonchev–Trinajstić information content (AvgIpc) is 3.04. The molecular formula is C19H29ClN2O3. The first kappa shape index (κ1) is 19.9. The molecule has 0 radical (unpaired) electrons. The number of benzene rings is 1. The van der Waals surface area contributed by atoms with Gasteiger partial charge in [-0.3, -0.25) is 4.79 Å². The maximum atomic E-state index is 12.8. The Morgan fingerprint density at radius 3 is 2.84 bits per heavy atom. The molecule has 1 amide bonds. The Morgan fingerprint density at radius 2 is 2.20 bits per heavy atom. The van der Waals surface area contributed by atoms with Crippen molar-refractivity contribution < 1.29 is 14.3 Å². The molecule has 1 fully saturated rings. The zero-order valence-corrected chi connectivity index (χ0v) is 16.4. The van der Waals surface area contributed by atoms with Gasteiger partial charge < -0.3 is 19.7 Å². The maximum absolute atomic E-state index is 12.8. The Bertz CT molecular complexity index is 592. The number of likely N-dealkylation sites (tertiary alicyclic amines) is 1. The normalized spacial score (nSPS) is 17.2. The first-order chi connectivity index (χ1) is 12.0. The Kier molecular flexibility index (Phi) is 7.38. The van der Waals surface area contributed by atoms with Crippen molar-refractivity contribution in [1.82, 2.24) is 10.2 Å². The van der Waals surface area contributed by atoms with Gasteiger partial charge in [-0.2, -0.15) is 0 Å². The lowest BCUT2D eigenvalue weighted by Gasteiger charge is -2.19. The van der Waals surface area contributed by atoms with E-state index in [1.54, 1.807) is 19.2 Å². The SMILES string of the molecule is CNCC1CCN(C(=O)c2cc(Cl)c(OCCC(C)C)c(OC)c2)C1. The van der Waals surface area contributed by atoms with Crippen molar-refractivity contribution in [2.75, 3.05) is 40.4 Å². The Labute approximate surface area is 155 Å². The molecule has 1 N–H and O–H groups in total. The molecule has 1 aliphatic rings. The number of ether oxygens (including phenoxy) is 2. The largest absolute Gasteiger partial charge is 0.493 e. The second kappa shape index (κ2) is 9.30. The van der Waals surface area contributed by atoms with E-state index >= 15 is 0 Å². The third kappa shape index (κ3) is 5.25. The van der Waals surface area contributed by atoms with Gasteiger partial charge in [0.05, 0.1) is 18.7 Å². The highest BCUT2D eigenvalue weighted by Crippen LogP contribution is 2.37. The lowest BCUT2D eigenvalue weighted by molar-refractivity contribution is 0.0786. The molecule has 1 aromatic rings. The van der Waals surface area contributed by atoms with Crippen molar-refractivity contribution in [2.45, 2.75) is 26.7 Å². The number of hydrogen-bond acceptors (Lipinski definition) is 4. The van der Waals surface area contributed by atoms with Crippen molar-refractivity contribution in [1.29, 1.82) is 0 Å². The minimum Gasteiger partial charge on any atom is -0.493 e. The molecule has 1 unspecified atom stereocenters. The van der Waals surface area contributed by atoms with Crippen LogP contribution >= 0.6 is 11.6 Å². The van der Waals surface area contributed by atoms with Crippen molar-refractivity contribution in [3.05, 3.63) is 22.7 Å². The van der Waals surface area contributed by atoms with E-state index in [1.165, 1.54) is 0 Å². The highest BCUT2D eigenvalue weighted by molar-refractivity contribution is 6.32. The first-order valence-electron chi connectivity index (χ1n) is 8.90. The first-order valence-corrected chi connectivity index (χ1v) is 9.28. The van der Waals surface area contributed by atoms with Gasteiger partial charge in [0.1, 0.15) is 0 Å². The van der Waals surface area contributed by atoms with Gasteiger partial charge >= 0.3 is 0 Å². The van der Waals surface area contributed by atoms with Gasteiger partial charge in [0.25, 0.3) is 5.91 Å². The van der Waals surface area contributed by atoms with Crippen LogP contribution in [0.5, 0.6) is 11.5 Å². The number of hydrogen-bond donors (Lipinski definition) is 1. The smallest absolute Gasteiger partial charge is 0.254 e. The quantitative estimate of drug-likeness (QED) is 0.763. The third-order valence-electron chi connectivity index (χ3n) is 4.48. The second-order valence-electron chi connectivity index (χ2n) is 6.98. The highest BCUT2D eigenvalue weighted by atomic mass is 35.5. The van der Waals surface area contributed by atoms with E-state index in [-0.39, 0.29) is 5.91 Å². The van der Waals surface area contributed by atoms with Crippen LogP contribution in [0.25, 0.3) is 0 Å². The molecule has 1 aromatic carbocycles. The summed E-state index contributed by atoms with van der Waals surface area (Å²) in [5.41, 5.74) is 0.545. The van der Waals surface area contributed by atoms with Crippen LogP contribution in [0, 0.1) is 11.8 Å². The summed E-state index contributed by atoms with van der Waals surface area (Å²) in [4.78, 5) is 14.7. The van der Waals surface area contributed by atoms with Crippen LogP contribution in [-0.2, 0) is 0 Å². The fourth-order valence-electron chi connectivity index (χ4n) is 3.04. The molecule has 0 aromatic heterocycles. The summed E-state index contributed by atoms with van der Waals surface area (Å²) in [7, 11) is 3.50. The van der Waals surface area contributed by atoms with Gasteiger partial charge in [-0.25, -0.2) is 0 Å². The number of carbonyl (C=O) groups excluding carboxylic acids is 1. The molecule has 6 heteroatoms. The maximum Gasteiger partial charge on any atom is 0.254 e. The molecule has 5 nitrogen and oxygen atoms in total. The summed E-state index contributed by atoms with van der Waals surface area (Å²) in [5.74, 6) is 2.06. The van der Waals surface area contributed by atoms with Gasteiger partial charge in [-0.05, 0) is 50.4 Å². The van der Waals surface area contributed by atoms with Gasteiger partial charge in [-0.15, -0.1) is 0 Å². The zero-order chi connectivity index (χ0) is 18.4.